The molecule has 2 aromatic carbocycles. The highest BCUT2D eigenvalue weighted by Crippen LogP contribution is 2.28. The van der Waals surface area contributed by atoms with Gasteiger partial charge < -0.3 is 9.47 Å². The van der Waals surface area contributed by atoms with Crippen molar-refractivity contribution in [3.8, 4) is 11.5 Å². The first-order valence-electron chi connectivity index (χ1n) is 7.11. The third-order valence-electron chi connectivity index (χ3n) is 4.01. The lowest BCUT2D eigenvalue weighted by Crippen LogP contribution is -2.05. The molecule has 3 rings (SSSR count). The number of hydrogen-bond acceptors (Lipinski definition) is 3. The van der Waals surface area contributed by atoms with Gasteiger partial charge in [-0.3, -0.25) is 4.79 Å². The summed E-state index contributed by atoms with van der Waals surface area (Å²) in [4.78, 5) is 12.7. The van der Waals surface area contributed by atoms with Crippen LogP contribution < -0.4 is 9.47 Å². The summed E-state index contributed by atoms with van der Waals surface area (Å²) in [6.07, 6.45) is 3.37. The number of fused-ring (bicyclic) bond motifs is 1. The molecule has 0 radical (unpaired) electrons. The van der Waals surface area contributed by atoms with Crippen molar-refractivity contribution in [2.75, 3.05) is 14.2 Å². The Morgan fingerprint density at radius 2 is 1.76 bits per heavy atom. The fourth-order valence-electron chi connectivity index (χ4n) is 2.85. The van der Waals surface area contributed by atoms with Crippen LogP contribution in [0, 0.1) is 0 Å². The van der Waals surface area contributed by atoms with E-state index in [2.05, 4.69) is 6.07 Å². The summed E-state index contributed by atoms with van der Waals surface area (Å²) < 4.78 is 10.5. The van der Waals surface area contributed by atoms with Crippen LogP contribution in [0.15, 0.2) is 36.4 Å². The molecule has 3 heteroatoms. The van der Waals surface area contributed by atoms with Crippen molar-refractivity contribution >= 4 is 5.78 Å². The molecule has 21 heavy (non-hydrogen) atoms. The maximum Gasteiger partial charge on any atom is 0.196 e. The molecular formula is C18H18O3. The number of methoxy groups -OCH3 is 2. The smallest absolute Gasteiger partial charge is 0.196 e. The number of hydrogen-bond donors (Lipinski definition) is 0. The predicted octanol–water partition coefficient (Wildman–Crippen LogP) is 3.42. The summed E-state index contributed by atoms with van der Waals surface area (Å²) in [5.41, 5.74) is 3.96. The molecular weight excluding hydrogens is 264 g/mol. The van der Waals surface area contributed by atoms with Crippen LogP contribution in [0.2, 0.25) is 0 Å². The van der Waals surface area contributed by atoms with Gasteiger partial charge in [0.05, 0.1) is 19.8 Å². The van der Waals surface area contributed by atoms with Crippen molar-refractivity contribution < 1.29 is 14.3 Å². The van der Waals surface area contributed by atoms with Crippen molar-refractivity contribution in [3.63, 3.8) is 0 Å². The van der Waals surface area contributed by atoms with E-state index in [4.69, 9.17) is 9.47 Å². The molecule has 0 unspecified atom stereocenters. The van der Waals surface area contributed by atoms with Gasteiger partial charge in [-0.05, 0) is 48.6 Å². The molecule has 1 aliphatic carbocycles. The largest absolute Gasteiger partial charge is 0.497 e. The summed E-state index contributed by atoms with van der Waals surface area (Å²) >= 11 is 0. The van der Waals surface area contributed by atoms with Crippen LogP contribution in [0.25, 0.3) is 0 Å². The second-order valence-electron chi connectivity index (χ2n) is 5.23. The molecule has 0 fully saturated rings. The highest BCUT2D eigenvalue weighted by molar-refractivity contribution is 6.11. The van der Waals surface area contributed by atoms with Crippen LogP contribution in [-0.4, -0.2) is 20.0 Å². The van der Waals surface area contributed by atoms with Crippen molar-refractivity contribution in [2.24, 2.45) is 0 Å². The molecule has 108 valence electrons. The highest BCUT2D eigenvalue weighted by Gasteiger charge is 2.18. The second kappa shape index (κ2) is 5.60. The first-order valence-corrected chi connectivity index (χ1v) is 7.11. The first kappa shape index (κ1) is 13.7. The summed E-state index contributed by atoms with van der Waals surface area (Å²) in [7, 11) is 3.16. The van der Waals surface area contributed by atoms with Crippen LogP contribution in [0.1, 0.15) is 33.5 Å². The molecule has 0 amide bonds. The van der Waals surface area contributed by atoms with Gasteiger partial charge >= 0.3 is 0 Å². The Labute approximate surface area is 124 Å². The average molecular weight is 282 g/mol. The van der Waals surface area contributed by atoms with E-state index >= 15 is 0 Å². The van der Waals surface area contributed by atoms with Crippen LogP contribution in [0.3, 0.4) is 0 Å². The highest BCUT2D eigenvalue weighted by atomic mass is 16.5. The van der Waals surface area contributed by atoms with Crippen LogP contribution in [0.5, 0.6) is 11.5 Å². The van der Waals surface area contributed by atoms with E-state index in [1.165, 1.54) is 17.5 Å². The SMILES string of the molecule is COc1ccc(C(=O)c2ccc3c(c2)CCC3)c(OC)c1. The zero-order valence-corrected chi connectivity index (χ0v) is 12.3. The van der Waals surface area contributed by atoms with Gasteiger partial charge in [0.1, 0.15) is 11.5 Å². The Kier molecular flexibility index (Phi) is 3.65. The van der Waals surface area contributed by atoms with Gasteiger partial charge in [-0.25, -0.2) is 0 Å². The molecule has 0 N–H and O–H groups in total. The molecule has 2 aromatic rings. The number of carbonyl (C=O) groups is 1. The third kappa shape index (κ3) is 2.51. The fraction of sp³-hybridized carbons (Fsp3) is 0.278. The standard InChI is InChI=1S/C18H18O3/c1-20-15-8-9-16(17(11-15)21-2)18(19)14-7-6-12-4-3-5-13(12)10-14/h6-11H,3-5H2,1-2H3. The zero-order valence-electron chi connectivity index (χ0n) is 12.3. The second-order valence-corrected chi connectivity index (χ2v) is 5.23. The lowest BCUT2D eigenvalue weighted by molar-refractivity contribution is 0.103. The minimum atomic E-state index is -0.01000. The van der Waals surface area contributed by atoms with Gasteiger partial charge in [-0.1, -0.05) is 12.1 Å². The third-order valence-corrected chi connectivity index (χ3v) is 4.01. The molecule has 0 bridgehead atoms. The summed E-state index contributed by atoms with van der Waals surface area (Å²) in [5, 5.41) is 0. The Balaban J connectivity index is 1.98. The minimum Gasteiger partial charge on any atom is -0.497 e. The summed E-state index contributed by atoms with van der Waals surface area (Å²) in [5.74, 6) is 1.21. The molecule has 3 nitrogen and oxygen atoms in total. The van der Waals surface area contributed by atoms with Crippen molar-refractivity contribution in [2.45, 2.75) is 19.3 Å². The van der Waals surface area contributed by atoms with Gasteiger partial charge in [0.15, 0.2) is 5.78 Å². The number of ether oxygens (including phenoxy) is 2. The lowest BCUT2D eigenvalue weighted by atomic mass is 9.98. The number of carbonyl (C=O) groups excluding carboxylic acids is 1. The lowest BCUT2D eigenvalue weighted by Gasteiger charge is -2.10. The average Bonchev–Trinajstić information content (AvgIpc) is 3.01. The van der Waals surface area contributed by atoms with Crippen molar-refractivity contribution in [3.05, 3.63) is 58.7 Å². The molecule has 0 saturated heterocycles. The van der Waals surface area contributed by atoms with Gasteiger partial charge in [0.2, 0.25) is 0 Å². The van der Waals surface area contributed by atoms with E-state index in [0.29, 0.717) is 17.1 Å². The molecule has 0 aromatic heterocycles. The van der Waals surface area contributed by atoms with Crippen LogP contribution in [-0.2, 0) is 12.8 Å². The maximum absolute atomic E-state index is 12.7. The monoisotopic (exact) mass is 282 g/mol. The Bertz CT molecular complexity index is 689. The molecule has 0 spiro atoms. The number of ketones is 1. The van der Waals surface area contributed by atoms with Gasteiger partial charge in [0.25, 0.3) is 0 Å². The normalized spacial score (nSPS) is 12.9. The Morgan fingerprint density at radius 3 is 2.52 bits per heavy atom. The molecule has 0 saturated carbocycles. The first-order chi connectivity index (χ1) is 10.2. The van der Waals surface area contributed by atoms with Gasteiger partial charge in [-0.2, -0.15) is 0 Å². The number of rotatable bonds is 4. The van der Waals surface area contributed by atoms with Gasteiger partial charge in [0, 0.05) is 11.6 Å². The van der Waals surface area contributed by atoms with E-state index in [9.17, 15) is 4.79 Å². The van der Waals surface area contributed by atoms with Crippen LogP contribution in [0.4, 0.5) is 0 Å². The van der Waals surface area contributed by atoms with E-state index in [1.54, 1.807) is 32.4 Å². The molecule has 0 heterocycles. The number of aryl methyl sites for hydroxylation is 2. The maximum atomic E-state index is 12.7. The number of benzene rings is 2. The van der Waals surface area contributed by atoms with Gasteiger partial charge in [-0.15, -0.1) is 0 Å². The fourth-order valence-corrected chi connectivity index (χ4v) is 2.85. The van der Waals surface area contributed by atoms with E-state index < -0.39 is 0 Å². The summed E-state index contributed by atoms with van der Waals surface area (Å²) in [6, 6.07) is 11.3. The summed E-state index contributed by atoms with van der Waals surface area (Å²) in [6.45, 7) is 0. The topological polar surface area (TPSA) is 35.5 Å². The molecule has 0 aliphatic heterocycles. The van der Waals surface area contributed by atoms with E-state index in [-0.39, 0.29) is 5.78 Å². The molecule has 0 atom stereocenters. The quantitative estimate of drug-likeness (QED) is 0.806. The van der Waals surface area contributed by atoms with Crippen molar-refractivity contribution in [1.29, 1.82) is 0 Å². The van der Waals surface area contributed by atoms with E-state index in [1.807, 2.05) is 12.1 Å². The minimum absolute atomic E-state index is 0.01000. The zero-order chi connectivity index (χ0) is 14.8. The predicted molar refractivity (Wildman–Crippen MR) is 81.4 cm³/mol. The Morgan fingerprint density at radius 1 is 0.952 bits per heavy atom. The van der Waals surface area contributed by atoms with Crippen LogP contribution >= 0.6 is 0 Å². The van der Waals surface area contributed by atoms with E-state index in [0.717, 1.165) is 18.4 Å². The Hall–Kier alpha value is -2.29. The molecule has 1 aliphatic rings. The van der Waals surface area contributed by atoms with Crippen molar-refractivity contribution in [1.82, 2.24) is 0 Å².